The molecule has 0 saturated carbocycles. The van der Waals surface area contributed by atoms with Crippen LogP contribution >= 0.6 is 0 Å². The van der Waals surface area contributed by atoms with Gasteiger partial charge in [-0.3, -0.25) is 0 Å². The number of anilines is 9. The Bertz CT molecular complexity index is 3020. The normalized spacial score (nSPS) is 17.0. The van der Waals surface area contributed by atoms with E-state index in [0.29, 0.717) is 0 Å². The van der Waals surface area contributed by atoms with Crippen molar-refractivity contribution in [1.29, 1.82) is 0 Å². The molecule has 0 spiro atoms. The van der Waals surface area contributed by atoms with Crippen LogP contribution in [-0.4, -0.2) is 6.71 Å². The van der Waals surface area contributed by atoms with E-state index in [1.807, 2.05) is 0 Å². The average molecular weight is 784 g/mol. The Morgan fingerprint density at radius 1 is 0.328 bits per heavy atom. The molecule has 0 bridgehead atoms. The molecule has 13 rings (SSSR count). The fourth-order valence-electron chi connectivity index (χ4n) is 12.2. The second kappa shape index (κ2) is 11.7. The molecule has 8 aromatic rings. The number of hydrogen-bond donors (Lipinski definition) is 0. The van der Waals surface area contributed by atoms with Crippen molar-refractivity contribution in [2.75, 3.05) is 14.7 Å². The minimum absolute atomic E-state index is 0.0874. The van der Waals surface area contributed by atoms with Gasteiger partial charge >= 0.3 is 0 Å². The summed E-state index contributed by atoms with van der Waals surface area (Å²) in [6.45, 7) is 14.4. The van der Waals surface area contributed by atoms with E-state index in [1.165, 1.54) is 106 Å². The van der Waals surface area contributed by atoms with Crippen LogP contribution in [0, 0.1) is 0 Å². The van der Waals surface area contributed by atoms with Crippen LogP contribution in [0.4, 0.5) is 51.2 Å². The van der Waals surface area contributed by atoms with Crippen LogP contribution in [-0.2, 0) is 16.2 Å². The van der Waals surface area contributed by atoms with Crippen LogP contribution < -0.4 is 31.1 Å². The van der Waals surface area contributed by atoms with Gasteiger partial charge in [-0.2, -0.15) is 0 Å². The third-order valence-electron chi connectivity index (χ3n) is 15.2. The van der Waals surface area contributed by atoms with Gasteiger partial charge in [0.1, 0.15) is 0 Å². The lowest BCUT2D eigenvalue weighted by Gasteiger charge is -2.52. The molecule has 5 aliphatic rings. The van der Waals surface area contributed by atoms with Gasteiger partial charge in [-0.15, -0.1) is 0 Å². The summed E-state index contributed by atoms with van der Waals surface area (Å²) in [5, 5.41) is 0. The summed E-state index contributed by atoms with van der Waals surface area (Å²) in [5.74, 6) is 0. The van der Waals surface area contributed by atoms with E-state index in [1.54, 1.807) is 0 Å². The molecular formula is C57H46BN3. The van der Waals surface area contributed by atoms with Crippen molar-refractivity contribution in [1.82, 2.24) is 0 Å². The molecule has 0 aromatic heterocycles. The fourth-order valence-corrected chi connectivity index (χ4v) is 12.2. The van der Waals surface area contributed by atoms with Gasteiger partial charge in [0.15, 0.2) is 0 Å². The highest BCUT2D eigenvalue weighted by atomic mass is 15.2. The molecule has 5 aliphatic heterocycles. The molecule has 0 amide bonds. The lowest BCUT2D eigenvalue weighted by Crippen LogP contribution is -2.63. The maximum absolute atomic E-state index is 2.62. The molecule has 4 heteroatoms. The number of rotatable bonds is 2. The van der Waals surface area contributed by atoms with Gasteiger partial charge < -0.3 is 14.7 Å². The Kier molecular flexibility index (Phi) is 6.74. The molecule has 0 unspecified atom stereocenters. The van der Waals surface area contributed by atoms with Gasteiger partial charge in [-0.1, -0.05) is 163 Å². The summed E-state index contributed by atoms with van der Waals surface area (Å²) in [6.07, 6.45) is 0. The van der Waals surface area contributed by atoms with Crippen molar-refractivity contribution in [2.45, 2.75) is 57.8 Å². The minimum Gasteiger partial charge on any atom is -0.311 e. The number of para-hydroxylation sites is 6. The van der Waals surface area contributed by atoms with Crippen LogP contribution in [0.3, 0.4) is 0 Å². The molecule has 0 N–H and O–H groups in total. The zero-order valence-corrected chi connectivity index (χ0v) is 35.6. The van der Waals surface area contributed by atoms with Crippen molar-refractivity contribution < 1.29 is 0 Å². The van der Waals surface area contributed by atoms with Crippen molar-refractivity contribution in [3.05, 3.63) is 203 Å². The predicted octanol–water partition coefficient (Wildman–Crippen LogP) is 12.8. The first kappa shape index (κ1) is 35.0. The zero-order valence-electron chi connectivity index (χ0n) is 35.6. The largest absolute Gasteiger partial charge is 0.311 e. The summed E-state index contributed by atoms with van der Waals surface area (Å²) < 4.78 is 0. The summed E-state index contributed by atoms with van der Waals surface area (Å²) in [4.78, 5) is 7.70. The van der Waals surface area contributed by atoms with Gasteiger partial charge in [-0.05, 0) is 109 Å². The third-order valence-corrected chi connectivity index (χ3v) is 15.2. The second-order valence-corrected chi connectivity index (χ2v) is 19.3. The average Bonchev–Trinajstić information content (AvgIpc) is 3.28. The van der Waals surface area contributed by atoms with Crippen molar-refractivity contribution in [2.24, 2.45) is 0 Å². The van der Waals surface area contributed by atoms with E-state index in [4.69, 9.17) is 0 Å². The SMILES string of the molecule is CC1(C)c2ccccc2N(c2ccc(-c3cc4c5c(c3)N3c6ccccc6C(C)(C)c6cccc(c63)B5c3cccc5c3N4c3ccccc3C5(C)C)cc2)c2ccccc21. The first-order valence-corrected chi connectivity index (χ1v) is 21.9. The first-order valence-electron chi connectivity index (χ1n) is 21.9. The molecule has 5 heterocycles. The van der Waals surface area contributed by atoms with Gasteiger partial charge in [0.2, 0.25) is 0 Å². The summed E-state index contributed by atoms with van der Waals surface area (Å²) in [6, 6.07) is 64.6. The molecule has 0 radical (unpaired) electrons. The molecule has 0 fully saturated rings. The van der Waals surface area contributed by atoms with Gasteiger partial charge in [0.05, 0.1) is 22.7 Å². The van der Waals surface area contributed by atoms with E-state index in [-0.39, 0.29) is 23.0 Å². The Morgan fingerprint density at radius 3 is 1.11 bits per heavy atom. The Labute approximate surface area is 359 Å². The van der Waals surface area contributed by atoms with Crippen LogP contribution in [0.15, 0.2) is 170 Å². The van der Waals surface area contributed by atoms with Crippen molar-refractivity contribution >= 4 is 74.3 Å². The molecule has 3 nitrogen and oxygen atoms in total. The zero-order chi connectivity index (χ0) is 41.2. The minimum atomic E-state index is -0.162. The third kappa shape index (κ3) is 4.35. The quantitative estimate of drug-likeness (QED) is 0.162. The van der Waals surface area contributed by atoms with E-state index in [0.717, 1.165) is 5.69 Å². The first-order chi connectivity index (χ1) is 29.6. The van der Waals surface area contributed by atoms with E-state index >= 15 is 0 Å². The highest BCUT2D eigenvalue weighted by Crippen LogP contribution is 2.58. The Balaban J connectivity index is 1.07. The molecule has 0 aliphatic carbocycles. The topological polar surface area (TPSA) is 9.72 Å². The predicted molar refractivity (Wildman–Crippen MR) is 257 cm³/mol. The molecule has 0 atom stereocenters. The van der Waals surface area contributed by atoms with E-state index in [9.17, 15) is 0 Å². The fraction of sp³-hybridized carbons (Fsp3) is 0.158. The molecular weight excluding hydrogens is 737 g/mol. The number of nitrogens with zero attached hydrogens (tertiary/aromatic N) is 3. The summed E-state index contributed by atoms with van der Waals surface area (Å²) in [5.41, 5.74) is 25.7. The van der Waals surface area contributed by atoms with Gasteiger partial charge in [-0.25, -0.2) is 0 Å². The van der Waals surface area contributed by atoms with E-state index in [2.05, 4.69) is 226 Å². The summed E-state index contributed by atoms with van der Waals surface area (Å²) in [7, 11) is 0. The molecule has 61 heavy (non-hydrogen) atoms. The summed E-state index contributed by atoms with van der Waals surface area (Å²) >= 11 is 0. The highest BCUT2D eigenvalue weighted by Gasteiger charge is 2.51. The highest BCUT2D eigenvalue weighted by molar-refractivity contribution is 7.00. The van der Waals surface area contributed by atoms with Crippen LogP contribution in [0.2, 0.25) is 0 Å². The van der Waals surface area contributed by atoms with E-state index < -0.39 is 0 Å². The standard InChI is InChI=1S/C57H46BN3/c1-55(2)38-17-7-11-25-46(38)59(47-26-12-8-18-39(47)55)37-31-29-35(30-32-37)36-33-50-52-51(34-36)61-49-28-14-10-20-41(49)57(5,6)43-22-16-24-45(54(43)61)58(52)44-23-15-21-42-53(44)60(50)48-27-13-9-19-40(48)56(42,3)4/h7-34H,1-6H3. The molecule has 8 aromatic carbocycles. The van der Waals surface area contributed by atoms with Gasteiger partial charge in [0.25, 0.3) is 6.71 Å². The van der Waals surface area contributed by atoms with Crippen molar-refractivity contribution in [3.63, 3.8) is 0 Å². The number of fused-ring (bicyclic) bond motifs is 10. The maximum Gasteiger partial charge on any atom is 0.252 e. The Hall–Kier alpha value is -6.78. The van der Waals surface area contributed by atoms with Crippen LogP contribution in [0.5, 0.6) is 0 Å². The second-order valence-electron chi connectivity index (χ2n) is 19.3. The van der Waals surface area contributed by atoms with Gasteiger partial charge in [0, 0.05) is 44.7 Å². The number of hydrogen-bond acceptors (Lipinski definition) is 3. The lowest BCUT2D eigenvalue weighted by atomic mass is 9.32. The monoisotopic (exact) mass is 783 g/mol. The maximum atomic E-state index is 2.62. The van der Waals surface area contributed by atoms with Crippen molar-refractivity contribution in [3.8, 4) is 11.1 Å². The number of benzene rings is 8. The smallest absolute Gasteiger partial charge is 0.252 e. The Morgan fingerprint density at radius 2 is 0.689 bits per heavy atom. The van der Waals surface area contributed by atoms with Crippen LogP contribution in [0.1, 0.15) is 74.9 Å². The molecule has 0 saturated heterocycles. The lowest BCUT2D eigenvalue weighted by molar-refractivity contribution is 0.631. The van der Waals surface area contributed by atoms with Crippen LogP contribution in [0.25, 0.3) is 11.1 Å². The molecule has 292 valence electrons.